The second-order valence-electron chi connectivity index (χ2n) is 4.37. The molecule has 1 aromatic heterocycles. The lowest BCUT2D eigenvalue weighted by atomic mass is 10.1. The van der Waals surface area contributed by atoms with E-state index in [1.165, 1.54) is 0 Å². The van der Waals surface area contributed by atoms with E-state index in [0.29, 0.717) is 23.6 Å². The summed E-state index contributed by atoms with van der Waals surface area (Å²) in [6.45, 7) is 1.87. The molecular weight excluding hydrogens is 244 g/mol. The smallest absolute Gasteiger partial charge is 0.223 e. The Morgan fingerprint density at radius 3 is 2.47 bits per heavy atom. The first-order valence-electron chi connectivity index (χ1n) is 6.16. The molecule has 0 saturated carbocycles. The largest absolute Gasteiger partial charge is 0.439 e. The molecule has 0 aliphatic rings. The van der Waals surface area contributed by atoms with Crippen molar-refractivity contribution in [1.82, 2.24) is 9.78 Å². The highest BCUT2D eigenvalue weighted by Crippen LogP contribution is 2.27. The highest BCUT2D eigenvalue weighted by Gasteiger charge is 2.14. The zero-order valence-corrected chi connectivity index (χ0v) is 11.1. The number of aliphatic hydroxyl groups excluding tert-OH is 2. The minimum atomic E-state index is -0.0996. The maximum Gasteiger partial charge on any atom is 0.223 e. The molecule has 0 fully saturated rings. The predicted molar refractivity (Wildman–Crippen MR) is 71.2 cm³/mol. The molecule has 2 aromatic rings. The van der Waals surface area contributed by atoms with Gasteiger partial charge in [-0.2, -0.15) is 5.10 Å². The second kappa shape index (κ2) is 5.86. The van der Waals surface area contributed by atoms with Gasteiger partial charge in [0.05, 0.1) is 17.9 Å². The van der Waals surface area contributed by atoms with Gasteiger partial charge in [0.2, 0.25) is 5.88 Å². The molecule has 19 heavy (non-hydrogen) atoms. The number of nitrogens with zero attached hydrogens (tertiary/aromatic N) is 2. The third kappa shape index (κ3) is 2.94. The highest BCUT2D eigenvalue weighted by molar-refractivity contribution is 5.36. The van der Waals surface area contributed by atoms with Gasteiger partial charge in [0.15, 0.2) is 0 Å². The summed E-state index contributed by atoms with van der Waals surface area (Å²) < 4.78 is 7.38. The molecule has 0 amide bonds. The van der Waals surface area contributed by atoms with Crippen molar-refractivity contribution < 1.29 is 14.9 Å². The van der Waals surface area contributed by atoms with Crippen molar-refractivity contribution in [1.29, 1.82) is 0 Å². The van der Waals surface area contributed by atoms with Crippen molar-refractivity contribution >= 4 is 0 Å². The number of aryl methyl sites for hydroxylation is 2. The van der Waals surface area contributed by atoms with Gasteiger partial charge in [-0.1, -0.05) is 12.1 Å². The fourth-order valence-electron chi connectivity index (χ4n) is 1.96. The van der Waals surface area contributed by atoms with Crippen LogP contribution >= 0.6 is 0 Å². The van der Waals surface area contributed by atoms with Crippen LogP contribution in [0.5, 0.6) is 11.6 Å². The Balaban J connectivity index is 2.21. The van der Waals surface area contributed by atoms with E-state index in [-0.39, 0.29) is 13.2 Å². The SMILES string of the molecule is Cc1nn(C)c(Oc2ccc(CCO)cc2)c1CO. The summed E-state index contributed by atoms with van der Waals surface area (Å²) in [6.07, 6.45) is 0.632. The van der Waals surface area contributed by atoms with E-state index in [2.05, 4.69) is 5.10 Å². The lowest BCUT2D eigenvalue weighted by Crippen LogP contribution is -1.97. The lowest BCUT2D eigenvalue weighted by Gasteiger charge is -2.08. The second-order valence-corrected chi connectivity index (χ2v) is 4.37. The van der Waals surface area contributed by atoms with E-state index in [0.717, 1.165) is 11.3 Å². The molecule has 5 heteroatoms. The van der Waals surface area contributed by atoms with Gasteiger partial charge in [-0.3, -0.25) is 0 Å². The lowest BCUT2D eigenvalue weighted by molar-refractivity contribution is 0.274. The van der Waals surface area contributed by atoms with Gasteiger partial charge in [0.25, 0.3) is 0 Å². The van der Waals surface area contributed by atoms with Crippen LogP contribution in [-0.2, 0) is 20.1 Å². The summed E-state index contributed by atoms with van der Waals surface area (Å²) in [5.41, 5.74) is 2.51. The Morgan fingerprint density at radius 1 is 1.21 bits per heavy atom. The fraction of sp³-hybridized carbons (Fsp3) is 0.357. The molecule has 0 atom stereocenters. The molecule has 0 saturated heterocycles. The normalized spacial score (nSPS) is 10.7. The topological polar surface area (TPSA) is 67.5 Å². The van der Waals surface area contributed by atoms with Crippen LogP contribution in [0.1, 0.15) is 16.8 Å². The van der Waals surface area contributed by atoms with Crippen LogP contribution in [0.4, 0.5) is 0 Å². The quantitative estimate of drug-likeness (QED) is 0.858. The van der Waals surface area contributed by atoms with Crippen molar-refractivity contribution in [2.24, 2.45) is 7.05 Å². The van der Waals surface area contributed by atoms with Crippen LogP contribution in [0, 0.1) is 6.92 Å². The van der Waals surface area contributed by atoms with E-state index in [9.17, 15) is 5.11 Å². The molecule has 0 aliphatic heterocycles. The summed E-state index contributed by atoms with van der Waals surface area (Å²) in [5, 5.41) is 22.4. The van der Waals surface area contributed by atoms with Crippen molar-refractivity contribution in [3.8, 4) is 11.6 Å². The Hall–Kier alpha value is -1.85. The predicted octanol–water partition coefficient (Wildman–Crippen LogP) is 1.55. The van der Waals surface area contributed by atoms with Crippen molar-refractivity contribution in [2.45, 2.75) is 20.0 Å². The van der Waals surface area contributed by atoms with Crippen molar-refractivity contribution in [3.05, 3.63) is 41.1 Å². The average molecular weight is 262 g/mol. The van der Waals surface area contributed by atoms with Crippen LogP contribution in [-0.4, -0.2) is 26.6 Å². The summed E-state index contributed by atoms with van der Waals surface area (Å²) in [6, 6.07) is 7.50. The van der Waals surface area contributed by atoms with Gasteiger partial charge < -0.3 is 14.9 Å². The molecule has 0 radical (unpaired) electrons. The van der Waals surface area contributed by atoms with Crippen LogP contribution in [0.25, 0.3) is 0 Å². The Labute approximate surface area is 112 Å². The van der Waals surface area contributed by atoms with Gasteiger partial charge in [0, 0.05) is 13.7 Å². The molecule has 2 N–H and O–H groups in total. The minimum absolute atomic E-state index is 0.0996. The number of hydrogen-bond acceptors (Lipinski definition) is 4. The van der Waals surface area contributed by atoms with Gasteiger partial charge in [-0.05, 0) is 31.0 Å². The summed E-state index contributed by atoms with van der Waals surface area (Å²) in [5.74, 6) is 1.23. The van der Waals surface area contributed by atoms with E-state index < -0.39 is 0 Å². The molecule has 2 rings (SSSR count). The number of aromatic nitrogens is 2. The van der Waals surface area contributed by atoms with Crippen LogP contribution in [0.2, 0.25) is 0 Å². The van der Waals surface area contributed by atoms with Gasteiger partial charge in [-0.25, -0.2) is 4.68 Å². The van der Waals surface area contributed by atoms with E-state index in [4.69, 9.17) is 9.84 Å². The average Bonchev–Trinajstić information content (AvgIpc) is 2.66. The maximum atomic E-state index is 9.34. The van der Waals surface area contributed by atoms with E-state index in [1.807, 2.05) is 31.2 Å². The number of ether oxygens (including phenoxy) is 1. The summed E-state index contributed by atoms with van der Waals surface area (Å²) in [4.78, 5) is 0. The molecular formula is C14H18N2O3. The van der Waals surface area contributed by atoms with Crippen molar-refractivity contribution in [2.75, 3.05) is 6.61 Å². The van der Waals surface area contributed by atoms with Crippen LogP contribution < -0.4 is 4.74 Å². The Kier molecular flexibility index (Phi) is 4.19. The minimum Gasteiger partial charge on any atom is -0.439 e. The standard InChI is InChI=1S/C14H18N2O3/c1-10-13(9-18)14(16(2)15-10)19-12-5-3-11(4-6-12)7-8-17/h3-6,17-18H,7-9H2,1-2H3. The van der Waals surface area contributed by atoms with Gasteiger partial charge >= 0.3 is 0 Å². The van der Waals surface area contributed by atoms with E-state index >= 15 is 0 Å². The molecule has 5 nitrogen and oxygen atoms in total. The number of aliphatic hydroxyl groups is 2. The zero-order chi connectivity index (χ0) is 13.8. The first-order valence-corrected chi connectivity index (χ1v) is 6.16. The van der Waals surface area contributed by atoms with E-state index in [1.54, 1.807) is 11.7 Å². The first kappa shape index (κ1) is 13.6. The summed E-state index contributed by atoms with van der Waals surface area (Å²) in [7, 11) is 1.78. The molecule has 0 aliphatic carbocycles. The Bertz CT molecular complexity index is 547. The third-order valence-electron chi connectivity index (χ3n) is 2.99. The highest BCUT2D eigenvalue weighted by atomic mass is 16.5. The molecule has 0 bridgehead atoms. The molecule has 0 unspecified atom stereocenters. The Morgan fingerprint density at radius 2 is 1.89 bits per heavy atom. The number of benzene rings is 1. The van der Waals surface area contributed by atoms with Gasteiger partial charge in [-0.15, -0.1) is 0 Å². The molecule has 0 spiro atoms. The number of rotatable bonds is 5. The fourth-order valence-corrected chi connectivity index (χ4v) is 1.96. The van der Waals surface area contributed by atoms with Crippen LogP contribution in [0.15, 0.2) is 24.3 Å². The maximum absolute atomic E-state index is 9.34. The molecule has 1 heterocycles. The monoisotopic (exact) mass is 262 g/mol. The number of hydrogen-bond donors (Lipinski definition) is 2. The first-order chi connectivity index (χ1) is 9.15. The zero-order valence-electron chi connectivity index (χ0n) is 11.1. The summed E-state index contributed by atoms with van der Waals surface area (Å²) >= 11 is 0. The third-order valence-corrected chi connectivity index (χ3v) is 2.99. The van der Waals surface area contributed by atoms with Crippen molar-refractivity contribution in [3.63, 3.8) is 0 Å². The van der Waals surface area contributed by atoms with Gasteiger partial charge in [0.1, 0.15) is 5.75 Å². The molecule has 102 valence electrons. The van der Waals surface area contributed by atoms with Crippen LogP contribution in [0.3, 0.4) is 0 Å². The molecule has 1 aromatic carbocycles.